The van der Waals surface area contributed by atoms with Gasteiger partial charge in [-0.15, -0.1) is 0 Å². The highest BCUT2D eigenvalue weighted by Gasteiger charge is 2.27. The molecule has 0 radical (unpaired) electrons. The van der Waals surface area contributed by atoms with Crippen LogP contribution < -0.4 is 5.73 Å². The first-order chi connectivity index (χ1) is 8.11. The molecule has 0 aliphatic carbocycles. The van der Waals surface area contributed by atoms with E-state index in [1.807, 2.05) is 4.68 Å². The van der Waals surface area contributed by atoms with Crippen LogP contribution in [-0.4, -0.2) is 23.0 Å². The van der Waals surface area contributed by atoms with Crippen LogP contribution in [0.5, 0.6) is 0 Å². The number of rotatable bonds is 3. The van der Waals surface area contributed by atoms with E-state index < -0.39 is 0 Å². The van der Waals surface area contributed by atoms with Crippen molar-refractivity contribution in [2.75, 3.05) is 13.2 Å². The average molecular weight is 258 g/mol. The summed E-state index contributed by atoms with van der Waals surface area (Å²) < 4.78 is 7.41. The zero-order valence-electron chi connectivity index (χ0n) is 10.4. The molecule has 2 atom stereocenters. The summed E-state index contributed by atoms with van der Waals surface area (Å²) in [6.45, 7) is 5.73. The van der Waals surface area contributed by atoms with E-state index in [4.69, 9.17) is 22.1 Å². The van der Waals surface area contributed by atoms with Crippen LogP contribution in [-0.2, 0) is 4.74 Å². The summed E-state index contributed by atoms with van der Waals surface area (Å²) in [5, 5.41) is 4.96. The Bertz CT molecular complexity index is 372. The lowest BCUT2D eigenvalue weighted by Gasteiger charge is -2.28. The molecule has 4 nitrogen and oxygen atoms in total. The second kappa shape index (κ2) is 5.38. The van der Waals surface area contributed by atoms with Crippen LogP contribution in [0.2, 0.25) is 5.02 Å². The van der Waals surface area contributed by atoms with Crippen LogP contribution in [0.25, 0.3) is 0 Å². The van der Waals surface area contributed by atoms with Gasteiger partial charge in [-0.1, -0.05) is 11.6 Å². The maximum Gasteiger partial charge on any atom is 0.0834 e. The van der Waals surface area contributed by atoms with Crippen molar-refractivity contribution in [3.8, 4) is 0 Å². The van der Waals surface area contributed by atoms with E-state index in [2.05, 4.69) is 18.9 Å². The molecule has 2 N–H and O–H groups in total. The molecule has 1 aliphatic heterocycles. The van der Waals surface area contributed by atoms with E-state index in [0.29, 0.717) is 10.9 Å². The smallest absolute Gasteiger partial charge is 0.0834 e. The average Bonchev–Trinajstić information content (AvgIpc) is 2.71. The molecule has 0 aromatic carbocycles. The lowest BCUT2D eigenvalue weighted by atomic mass is 9.92. The van der Waals surface area contributed by atoms with Gasteiger partial charge in [-0.3, -0.25) is 4.68 Å². The standard InChI is InChI=1S/C12H20ClN3O/c1-8(2)16-12(10(13)6-15-16)11(14)9-4-3-5-17-7-9/h6,8-9,11H,3-5,7,14H2,1-2H3. The maximum atomic E-state index is 6.33. The van der Waals surface area contributed by atoms with E-state index in [9.17, 15) is 0 Å². The first-order valence-electron chi connectivity index (χ1n) is 6.17. The fraction of sp³-hybridized carbons (Fsp3) is 0.750. The molecule has 1 fully saturated rings. The molecule has 17 heavy (non-hydrogen) atoms. The second-order valence-corrected chi connectivity index (χ2v) is 5.33. The molecule has 1 aromatic heterocycles. The molecule has 1 aromatic rings. The summed E-state index contributed by atoms with van der Waals surface area (Å²) in [4.78, 5) is 0. The fourth-order valence-electron chi connectivity index (χ4n) is 2.35. The number of hydrogen-bond donors (Lipinski definition) is 1. The molecule has 0 bridgehead atoms. The van der Waals surface area contributed by atoms with Crippen LogP contribution >= 0.6 is 11.6 Å². The van der Waals surface area contributed by atoms with Gasteiger partial charge in [0.15, 0.2) is 0 Å². The van der Waals surface area contributed by atoms with Crippen molar-refractivity contribution in [2.45, 2.75) is 38.8 Å². The Morgan fingerprint density at radius 1 is 1.59 bits per heavy atom. The van der Waals surface area contributed by atoms with Gasteiger partial charge in [-0.2, -0.15) is 5.10 Å². The first-order valence-corrected chi connectivity index (χ1v) is 6.55. The lowest BCUT2D eigenvalue weighted by Crippen LogP contribution is -2.31. The van der Waals surface area contributed by atoms with Crippen molar-refractivity contribution in [3.63, 3.8) is 0 Å². The van der Waals surface area contributed by atoms with E-state index in [-0.39, 0.29) is 12.1 Å². The van der Waals surface area contributed by atoms with E-state index in [1.54, 1.807) is 6.20 Å². The molecule has 2 rings (SSSR count). The summed E-state index contributed by atoms with van der Waals surface area (Å²) in [7, 11) is 0. The molecule has 5 heteroatoms. The Labute approximate surface area is 107 Å². The molecule has 0 spiro atoms. The Balaban J connectivity index is 2.22. The zero-order valence-corrected chi connectivity index (χ0v) is 11.2. The highest BCUT2D eigenvalue weighted by molar-refractivity contribution is 6.31. The third kappa shape index (κ3) is 2.64. The van der Waals surface area contributed by atoms with Gasteiger partial charge in [0.1, 0.15) is 0 Å². The summed E-state index contributed by atoms with van der Waals surface area (Å²) in [6, 6.07) is 0.181. The molecule has 0 amide bonds. The van der Waals surface area contributed by atoms with Gasteiger partial charge in [0, 0.05) is 18.6 Å². The number of nitrogens with zero attached hydrogens (tertiary/aromatic N) is 2. The quantitative estimate of drug-likeness (QED) is 0.905. The number of ether oxygens (including phenoxy) is 1. The molecule has 2 heterocycles. The monoisotopic (exact) mass is 257 g/mol. The largest absolute Gasteiger partial charge is 0.381 e. The van der Waals surface area contributed by atoms with Crippen LogP contribution in [0.4, 0.5) is 0 Å². The number of aromatic nitrogens is 2. The minimum Gasteiger partial charge on any atom is -0.381 e. The van der Waals surface area contributed by atoms with Crippen LogP contribution in [0.3, 0.4) is 0 Å². The number of nitrogens with two attached hydrogens (primary N) is 1. The maximum absolute atomic E-state index is 6.33. The van der Waals surface area contributed by atoms with Gasteiger partial charge >= 0.3 is 0 Å². The van der Waals surface area contributed by atoms with Crippen molar-refractivity contribution in [1.29, 1.82) is 0 Å². The lowest BCUT2D eigenvalue weighted by molar-refractivity contribution is 0.0435. The number of hydrogen-bond acceptors (Lipinski definition) is 3. The summed E-state index contributed by atoms with van der Waals surface area (Å²) in [5.74, 6) is 0.343. The zero-order chi connectivity index (χ0) is 12.4. The Hall–Kier alpha value is -0.580. The Kier molecular flexibility index (Phi) is 4.07. The molecule has 0 saturated carbocycles. The first kappa shape index (κ1) is 12.9. The van der Waals surface area contributed by atoms with E-state index in [0.717, 1.165) is 31.7 Å². The van der Waals surface area contributed by atoms with Crippen LogP contribution in [0.1, 0.15) is 44.5 Å². The molecule has 1 saturated heterocycles. The van der Waals surface area contributed by atoms with Crippen molar-refractivity contribution < 1.29 is 4.74 Å². The predicted molar refractivity (Wildman–Crippen MR) is 68.1 cm³/mol. The minimum atomic E-state index is -0.0901. The van der Waals surface area contributed by atoms with Crippen molar-refractivity contribution in [1.82, 2.24) is 9.78 Å². The van der Waals surface area contributed by atoms with E-state index in [1.165, 1.54) is 0 Å². The highest BCUT2D eigenvalue weighted by Crippen LogP contribution is 2.32. The second-order valence-electron chi connectivity index (χ2n) is 4.92. The van der Waals surface area contributed by atoms with Gasteiger partial charge in [0.05, 0.1) is 29.6 Å². The minimum absolute atomic E-state index is 0.0901. The van der Waals surface area contributed by atoms with Gasteiger partial charge in [-0.05, 0) is 26.7 Å². The third-order valence-corrected chi connectivity index (χ3v) is 3.59. The Morgan fingerprint density at radius 3 is 2.94 bits per heavy atom. The van der Waals surface area contributed by atoms with Crippen molar-refractivity contribution in [3.05, 3.63) is 16.9 Å². The highest BCUT2D eigenvalue weighted by atomic mass is 35.5. The van der Waals surface area contributed by atoms with Crippen molar-refractivity contribution in [2.24, 2.45) is 11.7 Å². The SMILES string of the molecule is CC(C)n1ncc(Cl)c1C(N)C1CCCOC1. The normalized spacial score (nSPS) is 23.0. The summed E-state index contributed by atoms with van der Waals surface area (Å²) in [6.07, 6.45) is 3.85. The van der Waals surface area contributed by atoms with Gasteiger partial charge in [-0.25, -0.2) is 0 Å². The summed E-state index contributed by atoms with van der Waals surface area (Å²) in [5.41, 5.74) is 7.27. The van der Waals surface area contributed by atoms with Gasteiger partial charge in [0.2, 0.25) is 0 Å². The Morgan fingerprint density at radius 2 is 2.35 bits per heavy atom. The molecular formula is C12H20ClN3O. The topological polar surface area (TPSA) is 53.1 Å². The van der Waals surface area contributed by atoms with Gasteiger partial charge in [0.25, 0.3) is 0 Å². The fourth-order valence-corrected chi connectivity index (χ4v) is 2.60. The van der Waals surface area contributed by atoms with Crippen LogP contribution in [0.15, 0.2) is 6.20 Å². The predicted octanol–water partition coefficient (Wildman–Crippen LogP) is 2.54. The molecular weight excluding hydrogens is 238 g/mol. The van der Waals surface area contributed by atoms with Crippen molar-refractivity contribution >= 4 is 11.6 Å². The molecule has 96 valence electrons. The van der Waals surface area contributed by atoms with E-state index >= 15 is 0 Å². The molecule has 2 unspecified atom stereocenters. The third-order valence-electron chi connectivity index (χ3n) is 3.30. The summed E-state index contributed by atoms with van der Waals surface area (Å²) >= 11 is 6.20. The van der Waals surface area contributed by atoms with Gasteiger partial charge < -0.3 is 10.5 Å². The number of halogens is 1. The molecule has 1 aliphatic rings. The van der Waals surface area contributed by atoms with Crippen LogP contribution in [0, 0.1) is 5.92 Å².